The van der Waals surface area contributed by atoms with E-state index >= 15 is 0 Å². The van der Waals surface area contributed by atoms with Crippen LogP contribution in [0.4, 0.5) is 0 Å². The van der Waals surface area contributed by atoms with Crippen LogP contribution >= 0.6 is 0 Å². The fourth-order valence-corrected chi connectivity index (χ4v) is 6.11. The highest BCUT2D eigenvalue weighted by molar-refractivity contribution is 5.72. The maximum Gasteiger partial charge on any atom is 0.141 e. The molecule has 4 nitrogen and oxygen atoms in total. The molecular formula is C34H41N3O. The number of hydrogen-bond acceptors (Lipinski definition) is 3. The Hall–Kier alpha value is -3.37. The molecule has 4 heteroatoms. The van der Waals surface area contributed by atoms with Gasteiger partial charge in [-0.2, -0.15) is 0 Å². The Labute approximate surface area is 228 Å². The number of aromatic nitrogens is 2. The van der Waals surface area contributed by atoms with Gasteiger partial charge in [-0.05, 0) is 68.0 Å². The lowest BCUT2D eigenvalue weighted by Crippen LogP contribution is -2.33. The van der Waals surface area contributed by atoms with Gasteiger partial charge in [-0.25, -0.2) is 4.98 Å². The van der Waals surface area contributed by atoms with Crippen molar-refractivity contribution in [2.24, 2.45) is 0 Å². The minimum Gasteiger partial charge on any atom is -0.497 e. The molecule has 0 bridgehead atoms. The summed E-state index contributed by atoms with van der Waals surface area (Å²) in [4.78, 5) is 8.12. The molecule has 1 aliphatic heterocycles. The zero-order valence-corrected chi connectivity index (χ0v) is 23.4. The molecule has 0 amide bonds. The molecule has 1 fully saturated rings. The standard InChI is InChI=1S/C34H41N3O/c1-5-25-16-13-17-26(6-2)32(25)34-35-33(28-14-9-8-10-15-28)31(37(34)7-3)24-36-23-12-11-18-30(36)27-19-21-29(38-4)22-20-27/h8-10,13-17,19-22,30H,5-7,11-12,18,23-24H2,1-4H3. The first kappa shape index (κ1) is 26.2. The van der Waals surface area contributed by atoms with E-state index in [2.05, 4.69) is 103 Å². The zero-order chi connectivity index (χ0) is 26.5. The van der Waals surface area contributed by atoms with Crippen molar-refractivity contribution in [1.29, 1.82) is 0 Å². The molecule has 4 aromatic rings. The van der Waals surface area contributed by atoms with Crippen LogP contribution in [-0.2, 0) is 25.9 Å². The molecule has 38 heavy (non-hydrogen) atoms. The molecule has 198 valence electrons. The van der Waals surface area contributed by atoms with Crippen molar-refractivity contribution in [3.05, 3.63) is 95.2 Å². The number of piperidine rings is 1. The smallest absolute Gasteiger partial charge is 0.141 e. The third kappa shape index (κ3) is 5.15. The number of ether oxygens (including phenoxy) is 1. The van der Waals surface area contributed by atoms with Gasteiger partial charge < -0.3 is 9.30 Å². The SMILES string of the molecule is CCc1cccc(CC)c1-c1nc(-c2ccccc2)c(CN2CCCCC2c2ccc(OC)cc2)n1CC. The topological polar surface area (TPSA) is 30.3 Å². The largest absolute Gasteiger partial charge is 0.497 e. The number of rotatable bonds is 9. The number of nitrogens with zero attached hydrogens (tertiary/aromatic N) is 3. The quantitative estimate of drug-likeness (QED) is 0.229. The van der Waals surface area contributed by atoms with Crippen LogP contribution in [0.2, 0.25) is 0 Å². The van der Waals surface area contributed by atoms with E-state index in [9.17, 15) is 0 Å². The van der Waals surface area contributed by atoms with Gasteiger partial charge in [-0.15, -0.1) is 0 Å². The highest BCUT2D eigenvalue weighted by Crippen LogP contribution is 2.38. The molecule has 1 saturated heterocycles. The van der Waals surface area contributed by atoms with Gasteiger partial charge in [0.25, 0.3) is 0 Å². The molecule has 1 aliphatic rings. The van der Waals surface area contributed by atoms with Crippen LogP contribution < -0.4 is 4.74 Å². The predicted molar refractivity (Wildman–Crippen MR) is 158 cm³/mol. The van der Waals surface area contributed by atoms with Crippen molar-refractivity contribution >= 4 is 0 Å². The van der Waals surface area contributed by atoms with Crippen LogP contribution in [0.5, 0.6) is 5.75 Å². The van der Waals surface area contributed by atoms with Crippen molar-refractivity contribution in [2.75, 3.05) is 13.7 Å². The van der Waals surface area contributed by atoms with E-state index in [1.807, 2.05) is 0 Å². The van der Waals surface area contributed by atoms with E-state index in [1.165, 1.54) is 52.8 Å². The summed E-state index contributed by atoms with van der Waals surface area (Å²) in [5.41, 5.74) is 9.10. The van der Waals surface area contributed by atoms with Crippen LogP contribution in [0.1, 0.15) is 68.5 Å². The number of benzene rings is 3. The van der Waals surface area contributed by atoms with Crippen molar-refractivity contribution < 1.29 is 4.74 Å². The van der Waals surface area contributed by atoms with E-state index < -0.39 is 0 Å². The number of methoxy groups -OCH3 is 1. The molecule has 1 unspecified atom stereocenters. The lowest BCUT2D eigenvalue weighted by Gasteiger charge is -2.36. The predicted octanol–water partition coefficient (Wildman–Crippen LogP) is 8.10. The average Bonchev–Trinajstić information content (AvgIpc) is 3.35. The molecular weight excluding hydrogens is 466 g/mol. The Morgan fingerprint density at radius 1 is 0.842 bits per heavy atom. The summed E-state index contributed by atoms with van der Waals surface area (Å²) in [6, 6.07) is 26.6. The fourth-order valence-electron chi connectivity index (χ4n) is 6.11. The Kier molecular flexibility index (Phi) is 8.29. The van der Waals surface area contributed by atoms with E-state index in [0.717, 1.165) is 49.7 Å². The second-order valence-corrected chi connectivity index (χ2v) is 10.3. The third-order valence-corrected chi connectivity index (χ3v) is 8.13. The van der Waals surface area contributed by atoms with Crippen LogP contribution in [0.25, 0.3) is 22.6 Å². The molecule has 5 rings (SSSR count). The monoisotopic (exact) mass is 507 g/mol. The lowest BCUT2D eigenvalue weighted by molar-refractivity contribution is 0.137. The molecule has 0 saturated carbocycles. The number of imidazole rings is 1. The molecule has 0 N–H and O–H groups in total. The zero-order valence-electron chi connectivity index (χ0n) is 23.4. The van der Waals surface area contributed by atoms with E-state index in [0.29, 0.717) is 6.04 Å². The summed E-state index contributed by atoms with van der Waals surface area (Å²) in [6.07, 6.45) is 5.68. The minimum absolute atomic E-state index is 0.399. The summed E-state index contributed by atoms with van der Waals surface area (Å²) in [7, 11) is 1.73. The maximum absolute atomic E-state index is 5.44. The van der Waals surface area contributed by atoms with Gasteiger partial charge >= 0.3 is 0 Å². The first-order valence-electron chi connectivity index (χ1n) is 14.3. The van der Waals surface area contributed by atoms with Crippen LogP contribution in [0.3, 0.4) is 0 Å². The number of likely N-dealkylation sites (tertiary alicyclic amines) is 1. The van der Waals surface area contributed by atoms with Gasteiger partial charge in [0.2, 0.25) is 0 Å². The summed E-state index contributed by atoms with van der Waals surface area (Å²) in [6.45, 7) is 9.65. The number of hydrogen-bond donors (Lipinski definition) is 0. The number of aryl methyl sites for hydroxylation is 2. The molecule has 3 aromatic carbocycles. The van der Waals surface area contributed by atoms with Gasteiger partial charge in [0.05, 0.1) is 18.5 Å². The van der Waals surface area contributed by atoms with E-state index in [1.54, 1.807) is 7.11 Å². The first-order valence-corrected chi connectivity index (χ1v) is 14.3. The molecule has 0 spiro atoms. The Morgan fingerprint density at radius 2 is 1.55 bits per heavy atom. The molecule has 2 heterocycles. The van der Waals surface area contributed by atoms with Crippen LogP contribution in [0.15, 0.2) is 72.8 Å². The average molecular weight is 508 g/mol. The summed E-state index contributed by atoms with van der Waals surface area (Å²) in [5.74, 6) is 2.03. The fraction of sp³-hybridized carbons (Fsp3) is 0.382. The minimum atomic E-state index is 0.399. The molecule has 0 aliphatic carbocycles. The van der Waals surface area contributed by atoms with Crippen molar-refractivity contribution in [3.8, 4) is 28.4 Å². The highest BCUT2D eigenvalue weighted by Gasteiger charge is 2.28. The van der Waals surface area contributed by atoms with Crippen LogP contribution in [0, 0.1) is 0 Å². The van der Waals surface area contributed by atoms with Crippen LogP contribution in [-0.4, -0.2) is 28.1 Å². The van der Waals surface area contributed by atoms with Gasteiger partial charge in [-0.1, -0.05) is 80.9 Å². The summed E-state index contributed by atoms with van der Waals surface area (Å²) in [5, 5.41) is 0. The van der Waals surface area contributed by atoms with E-state index in [4.69, 9.17) is 9.72 Å². The van der Waals surface area contributed by atoms with Crippen molar-refractivity contribution in [1.82, 2.24) is 14.5 Å². The normalized spacial score (nSPS) is 16.1. The van der Waals surface area contributed by atoms with Gasteiger partial charge in [0, 0.05) is 30.3 Å². The second-order valence-electron chi connectivity index (χ2n) is 10.3. The maximum atomic E-state index is 5.44. The Balaban J connectivity index is 1.63. The molecule has 1 aromatic heterocycles. The summed E-state index contributed by atoms with van der Waals surface area (Å²) >= 11 is 0. The Morgan fingerprint density at radius 3 is 2.18 bits per heavy atom. The first-order chi connectivity index (χ1) is 18.7. The van der Waals surface area contributed by atoms with Crippen molar-refractivity contribution in [3.63, 3.8) is 0 Å². The second kappa shape index (κ2) is 12.0. The lowest BCUT2D eigenvalue weighted by atomic mass is 9.94. The Bertz CT molecular complexity index is 1320. The molecule has 1 atom stereocenters. The highest BCUT2D eigenvalue weighted by atomic mass is 16.5. The molecule has 0 radical (unpaired) electrons. The van der Waals surface area contributed by atoms with Gasteiger partial charge in [0.1, 0.15) is 11.6 Å². The van der Waals surface area contributed by atoms with E-state index in [-0.39, 0.29) is 0 Å². The van der Waals surface area contributed by atoms with Gasteiger partial charge in [0.15, 0.2) is 0 Å². The summed E-state index contributed by atoms with van der Waals surface area (Å²) < 4.78 is 7.93. The van der Waals surface area contributed by atoms with Crippen molar-refractivity contribution in [2.45, 2.75) is 72.0 Å². The third-order valence-electron chi connectivity index (χ3n) is 8.13. The van der Waals surface area contributed by atoms with Gasteiger partial charge in [-0.3, -0.25) is 4.90 Å².